The smallest absolute Gasteiger partial charge is 0.320 e. The molecular weight excluding hydrogens is 383 g/mol. The molecule has 0 fully saturated rings. The van der Waals surface area contributed by atoms with Gasteiger partial charge in [0.1, 0.15) is 4.49 Å². The summed E-state index contributed by atoms with van der Waals surface area (Å²) in [5.74, 6) is 0. The molecule has 25 heavy (non-hydrogen) atoms. The fourth-order valence-electron chi connectivity index (χ4n) is 1.98. The Morgan fingerprint density at radius 2 is 1.60 bits per heavy atom. The van der Waals surface area contributed by atoms with Crippen LogP contribution >= 0.6 is 23.2 Å². The van der Waals surface area contributed by atoms with Gasteiger partial charge < -0.3 is 5.32 Å². The summed E-state index contributed by atoms with van der Waals surface area (Å²) in [4.78, 5) is 12.0. The van der Waals surface area contributed by atoms with E-state index in [0.717, 1.165) is 11.1 Å². The molecule has 0 saturated carbocycles. The molecule has 132 valence electrons. The summed E-state index contributed by atoms with van der Waals surface area (Å²) in [6.07, 6.45) is 0. The minimum atomic E-state index is -4.05. The molecule has 2 amide bonds. The van der Waals surface area contributed by atoms with Crippen molar-refractivity contribution in [2.24, 2.45) is 0 Å². The number of nitrogens with one attached hydrogen (secondary N) is 2. The Kier molecular flexibility index (Phi) is 6.47. The van der Waals surface area contributed by atoms with Crippen LogP contribution < -0.4 is 10.6 Å². The van der Waals surface area contributed by atoms with Crippen LogP contribution in [0.2, 0.25) is 0 Å². The zero-order valence-electron chi connectivity index (χ0n) is 13.3. The number of urea groups is 1. The molecule has 5 nitrogen and oxygen atoms in total. The molecule has 0 aromatic heterocycles. The first-order chi connectivity index (χ1) is 11.8. The second-order valence-corrected chi connectivity index (χ2v) is 8.04. The van der Waals surface area contributed by atoms with Gasteiger partial charge in [0.25, 0.3) is 0 Å². The van der Waals surface area contributed by atoms with Gasteiger partial charge in [-0.05, 0) is 24.6 Å². The van der Waals surface area contributed by atoms with Crippen molar-refractivity contribution in [3.8, 4) is 0 Å². The molecule has 2 rings (SSSR count). The van der Waals surface area contributed by atoms with Crippen LogP contribution in [0.1, 0.15) is 11.1 Å². The predicted molar refractivity (Wildman–Crippen MR) is 98.9 cm³/mol. The summed E-state index contributed by atoms with van der Waals surface area (Å²) >= 11 is 11.4. The maximum absolute atomic E-state index is 12.6. The summed E-state index contributed by atoms with van der Waals surface area (Å²) in [6.45, 7) is 2.06. The molecule has 0 atom stereocenters. The SMILES string of the molecule is Cc1ccc(S(=O)(=O)C(NC(=O)NCc2ccccc2)=C(Cl)Cl)cc1. The number of amides is 2. The Bertz CT molecular complexity index is 876. The van der Waals surface area contributed by atoms with Gasteiger partial charge in [-0.1, -0.05) is 71.2 Å². The second-order valence-electron chi connectivity index (χ2n) is 5.20. The average Bonchev–Trinajstić information content (AvgIpc) is 2.58. The summed E-state index contributed by atoms with van der Waals surface area (Å²) in [5, 5.41) is 4.20. The normalized spacial score (nSPS) is 10.8. The Balaban J connectivity index is 2.14. The molecule has 2 N–H and O–H groups in total. The van der Waals surface area contributed by atoms with Gasteiger partial charge in [-0.15, -0.1) is 0 Å². The molecule has 0 unspecified atom stereocenters. The Morgan fingerprint density at radius 3 is 2.16 bits per heavy atom. The van der Waals surface area contributed by atoms with E-state index in [0.29, 0.717) is 0 Å². The van der Waals surface area contributed by atoms with Gasteiger partial charge in [-0.3, -0.25) is 5.32 Å². The molecule has 0 spiro atoms. The molecule has 2 aromatic rings. The lowest BCUT2D eigenvalue weighted by atomic mass is 10.2. The van der Waals surface area contributed by atoms with Crippen LogP contribution in [0, 0.1) is 6.92 Å². The van der Waals surface area contributed by atoms with Crippen molar-refractivity contribution < 1.29 is 13.2 Å². The Morgan fingerprint density at radius 1 is 1.00 bits per heavy atom. The third-order valence-electron chi connectivity index (χ3n) is 3.29. The van der Waals surface area contributed by atoms with Gasteiger partial charge in [0, 0.05) is 6.54 Å². The van der Waals surface area contributed by atoms with E-state index in [4.69, 9.17) is 23.2 Å². The number of rotatable bonds is 5. The van der Waals surface area contributed by atoms with E-state index in [1.807, 2.05) is 37.3 Å². The van der Waals surface area contributed by atoms with Crippen molar-refractivity contribution >= 4 is 39.1 Å². The Labute approximate surface area is 156 Å². The summed E-state index contributed by atoms with van der Waals surface area (Å²) < 4.78 is 24.7. The van der Waals surface area contributed by atoms with Crippen LogP contribution in [-0.2, 0) is 16.4 Å². The third kappa shape index (κ3) is 5.22. The van der Waals surface area contributed by atoms with Crippen molar-refractivity contribution in [3.05, 3.63) is 75.2 Å². The molecule has 0 aliphatic rings. The molecule has 0 bridgehead atoms. The van der Waals surface area contributed by atoms with Gasteiger partial charge in [-0.2, -0.15) is 0 Å². The predicted octanol–water partition coefficient (Wildman–Crippen LogP) is 3.87. The van der Waals surface area contributed by atoms with Gasteiger partial charge in [0.15, 0.2) is 5.03 Å². The molecule has 2 aromatic carbocycles. The van der Waals surface area contributed by atoms with Crippen molar-refractivity contribution in [2.75, 3.05) is 0 Å². The van der Waals surface area contributed by atoms with Crippen LogP contribution in [0.5, 0.6) is 0 Å². The van der Waals surface area contributed by atoms with Gasteiger partial charge >= 0.3 is 6.03 Å². The fourth-order valence-corrected chi connectivity index (χ4v) is 3.84. The minimum absolute atomic E-state index is 0.0183. The lowest BCUT2D eigenvalue weighted by Gasteiger charge is -2.12. The Hall–Kier alpha value is -2.02. The second kappa shape index (κ2) is 8.38. The monoisotopic (exact) mass is 398 g/mol. The standard InChI is InChI=1S/C17H16Cl2N2O3S/c1-12-7-9-14(10-8-12)25(23,24)16(15(18)19)21-17(22)20-11-13-5-3-2-4-6-13/h2-10H,11H2,1H3,(H2,20,21,22). The van der Waals surface area contributed by atoms with Crippen LogP contribution in [0.4, 0.5) is 4.79 Å². The number of carbonyl (C=O) groups excluding carboxylic acids is 1. The third-order valence-corrected chi connectivity index (χ3v) is 5.63. The van der Waals surface area contributed by atoms with E-state index in [9.17, 15) is 13.2 Å². The quantitative estimate of drug-likeness (QED) is 0.802. The lowest BCUT2D eigenvalue weighted by molar-refractivity contribution is 0.243. The molecule has 0 aliphatic heterocycles. The number of aryl methyl sites for hydroxylation is 1. The number of halogens is 2. The highest BCUT2D eigenvalue weighted by atomic mass is 35.5. The summed E-state index contributed by atoms with van der Waals surface area (Å²) in [6, 6.07) is 14.6. The van der Waals surface area contributed by atoms with E-state index in [1.165, 1.54) is 12.1 Å². The number of carbonyl (C=O) groups is 1. The highest BCUT2D eigenvalue weighted by Gasteiger charge is 2.25. The molecule has 0 aliphatic carbocycles. The molecule has 8 heteroatoms. The number of benzene rings is 2. The van der Waals surface area contributed by atoms with Crippen molar-refractivity contribution in [1.29, 1.82) is 0 Å². The van der Waals surface area contributed by atoms with Crippen molar-refractivity contribution in [3.63, 3.8) is 0 Å². The molecular formula is C17H16Cl2N2O3S. The zero-order valence-corrected chi connectivity index (χ0v) is 15.6. The van der Waals surface area contributed by atoms with E-state index in [-0.39, 0.29) is 11.4 Å². The van der Waals surface area contributed by atoms with E-state index >= 15 is 0 Å². The van der Waals surface area contributed by atoms with Gasteiger partial charge in [-0.25, -0.2) is 13.2 Å². The van der Waals surface area contributed by atoms with Gasteiger partial charge in [0.2, 0.25) is 9.84 Å². The molecule has 0 heterocycles. The number of hydrogen-bond donors (Lipinski definition) is 2. The first-order valence-electron chi connectivity index (χ1n) is 7.26. The van der Waals surface area contributed by atoms with E-state index < -0.39 is 25.4 Å². The van der Waals surface area contributed by atoms with Crippen LogP contribution in [-0.4, -0.2) is 14.4 Å². The summed E-state index contributed by atoms with van der Waals surface area (Å²) in [7, 11) is -4.05. The highest BCUT2D eigenvalue weighted by Crippen LogP contribution is 2.24. The molecule has 0 saturated heterocycles. The molecule has 0 radical (unpaired) electrons. The topological polar surface area (TPSA) is 75.3 Å². The fraction of sp³-hybridized carbons (Fsp3) is 0.118. The minimum Gasteiger partial charge on any atom is -0.334 e. The highest BCUT2D eigenvalue weighted by molar-refractivity contribution is 7.95. The average molecular weight is 399 g/mol. The number of hydrogen-bond acceptors (Lipinski definition) is 3. The van der Waals surface area contributed by atoms with Crippen molar-refractivity contribution in [1.82, 2.24) is 10.6 Å². The van der Waals surface area contributed by atoms with Crippen LogP contribution in [0.25, 0.3) is 0 Å². The maximum Gasteiger partial charge on any atom is 0.320 e. The maximum atomic E-state index is 12.6. The van der Waals surface area contributed by atoms with E-state index in [1.54, 1.807) is 12.1 Å². The zero-order chi connectivity index (χ0) is 18.4. The number of sulfone groups is 1. The van der Waals surface area contributed by atoms with Crippen LogP contribution in [0.15, 0.2) is 69.0 Å². The first-order valence-corrected chi connectivity index (χ1v) is 9.50. The van der Waals surface area contributed by atoms with Crippen LogP contribution in [0.3, 0.4) is 0 Å². The first kappa shape index (κ1) is 19.3. The largest absolute Gasteiger partial charge is 0.334 e. The van der Waals surface area contributed by atoms with Crippen molar-refractivity contribution in [2.45, 2.75) is 18.4 Å². The lowest BCUT2D eigenvalue weighted by Crippen LogP contribution is -2.37. The van der Waals surface area contributed by atoms with Gasteiger partial charge in [0.05, 0.1) is 4.90 Å². The van der Waals surface area contributed by atoms with E-state index in [2.05, 4.69) is 10.6 Å². The summed E-state index contributed by atoms with van der Waals surface area (Å²) in [5.41, 5.74) is 1.76.